The summed E-state index contributed by atoms with van der Waals surface area (Å²) in [6.07, 6.45) is 0.758. The molecular weight excluding hydrogens is 340 g/mol. The molecule has 0 aliphatic carbocycles. The molecule has 0 spiro atoms. The molecule has 2 aromatic rings. The Morgan fingerprint density at radius 3 is 2.56 bits per heavy atom. The average molecular weight is 357 g/mol. The van der Waals surface area contributed by atoms with Crippen molar-refractivity contribution in [2.24, 2.45) is 0 Å². The molecule has 1 aliphatic rings. The SMILES string of the molecule is CC(=O)c1cccc(NC(=O)C2CCC(=O)N2c2ccc(Cl)cc2)c1. The Labute approximate surface area is 150 Å². The highest BCUT2D eigenvalue weighted by Crippen LogP contribution is 2.28. The normalized spacial score (nSPS) is 16.8. The highest BCUT2D eigenvalue weighted by molar-refractivity contribution is 6.30. The van der Waals surface area contributed by atoms with Crippen molar-refractivity contribution in [3.63, 3.8) is 0 Å². The summed E-state index contributed by atoms with van der Waals surface area (Å²) < 4.78 is 0. The first kappa shape index (κ1) is 17.2. The first-order chi connectivity index (χ1) is 12.0. The van der Waals surface area contributed by atoms with Gasteiger partial charge in [-0.3, -0.25) is 19.3 Å². The Morgan fingerprint density at radius 2 is 1.88 bits per heavy atom. The van der Waals surface area contributed by atoms with Crippen molar-refractivity contribution >= 4 is 40.6 Å². The number of hydrogen-bond donors (Lipinski definition) is 1. The van der Waals surface area contributed by atoms with E-state index in [2.05, 4.69) is 5.32 Å². The van der Waals surface area contributed by atoms with Crippen molar-refractivity contribution in [3.05, 3.63) is 59.1 Å². The van der Waals surface area contributed by atoms with Gasteiger partial charge in [-0.1, -0.05) is 23.7 Å². The number of amides is 2. The number of nitrogens with one attached hydrogen (secondary N) is 1. The molecule has 2 amide bonds. The van der Waals surface area contributed by atoms with Gasteiger partial charge in [-0.25, -0.2) is 0 Å². The molecule has 0 aromatic heterocycles. The standard InChI is InChI=1S/C19H17ClN2O3/c1-12(23)13-3-2-4-15(11-13)21-19(25)17-9-10-18(24)22(17)16-7-5-14(20)6-8-16/h2-8,11,17H,9-10H2,1H3,(H,21,25). The molecule has 0 bridgehead atoms. The predicted molar refractivity (Wildman–Crippen MR) is 97.0 cm³/mol. The van der Waals surface area contributed by atoms with E-state index in [0.29, 0.717) is 34.8 Å². The third kappa shape index (κ3) is 3.72. The number of benzene rings is 2. The quantitative estimate of drug-likeness (QED) is 0.850. The zero-order valence-electron chi connectivity index (χ0n) is 13.7. The minimum Gasteiger partial charge on any atom is -0.324 e. The lowest BCUT2D eigenvalue weighted by Crippen LogP contribution is -2.41. The third-order valence-corrected chi connectivity index (χ3v) is 4.41. The number of ketones is 1. The summed E-state index contributed by atoms with van der Waals surface area (Å²) in [5, 5.41) is 3.37. The number of carbonyl (C=O) groups excluding carboxylic acids is 3. The van der Waals surface area contributed by atoms with Crippen molar-refractivity contribution in [1.29, 1.82) is 0 Å². The summed E-state index contributed by atoms with van der Waals surface area (Å²) in [5.41, 5.74) is 1.70. The smallest absolute Gasteiger partial charge is 0.247 e. The second kappa shape index (κ2) is 7.07. The van der Waals surface area contributed by atoms with E-state index in [1.807, 2.05) is 0 Å². The maximum Gasteiger partial charge on any atom is 0.247 e. The molecule has 1 fully saturated rings. The van der Waals surface area contributed by atoms with Crippen LogP contribution in [0.5, 0.6) is 0 Å². The maximum absolute atomic E-state index is 12.7. The van der Waals surface area contributed by atoms with Crippen molar-refractivity contribution in [1.82, 2.24) is 0 Å². The lowest BCUT2D eigenvalue weighted by molar-refractivity contribution is -0.120. The lowest BCUT2D eigenvalue weighted by Gasteiger charge is -2.24. The van der Waals surface area contributed by atoms with E-state index in [4.69, 9.17) is 11.6 Å². The molecule has 6 heteroatoms. The van der Waals surface area contributed by atoms with Gasteiger partial charge in [0.05, 0.1) is 0 Å². The van der Waals surface area contributed by atoms with Crippen LogP contribution in [0.3, 0.4) is 0 Å². The van der Waals surface area contributed by atoms with E-state index in [-0.39, 0.29) is 17.6 Å². The molecule has 1 saturated heterocycles. The zero-order chi connectivity index (χ0) is 18.0. The highest BCUT2D eigenvalue weighted by atomic mass is 35.5. The first-order valence-electron chi connectivity index (χ1n) is 7.95. The molecule has 0 radical (unpaired) electrons. The van der Waals surface area contributed by atoms with Gasteiger partial charge in [-0.05, 0) is 49.7 Å². The van der Waals surface area contributed by atoms with Crippen LogP contribution in [-0.4, -0.2) is 23.6 Å². The molecular formula is C19H17ClN2O3. The van der Waals surface area contributed by atoms with Crippen molar-refractivity contribution in [2.75, 3.05) is 10.2 Å². The molecule has 128 valence electrons. The monoisotopic (exact) mass is 356 g/mol. The lowest BCUT2D eigenvalue weighted by atomic mass is 10.1. The van der Waals surface area contributed by atoms with Crippen molar-refractivity contribution in [3.8, 4) is 0 Å². The highest BCUT2D eigenvalue weighted by Gasteiger charge is 2.37. The Balaban J connectivity index is 1.81. The number of hydrogen-bond acceptors (Lipinski definition) is 3. The van der Waals surface area contributed by atoms with Crippen LogP contribution in [0.1, 0.15) is 30.1 Å². The van der Waals surface area contributed by atoms with Crippen LogP contribution in [-0.2, 0) is 9.59 Å². The van der Waals surface area contributed by atoms with Gasteiger partial charge < -0.3 is 5.32 Å². The van der Waals surface area contributed by atoms with Crippen LogP contribution >= 0.6 is 11.6 Å². The summed E-state index contributed by atoms with van der Waals surface area (Å²) in [5.74, 6) is -0.448. The molecule has 1 atom stereocenters. The summed E-state index contributed by atoms with van der Waals surface area (Å²) in [4.78, 5) is 37.9. The van der Waals surface area contributed by atoms with Gasteiger partial charge in [0.1, 0.15) is 6.04 Å². The Morgan fingerprint density at radius 1 is 1.16 bits per heavy atom. The minimum absolute atomic E-state index is 0.0741. The van der Waals surface area contributed by atoms with Gasteiger partial charge in [0, 0.05) is 28.4 Å². The third-order valence-electron chi connectivity index (χ3n) is 4.16. The summed E-state index contributed by atoms with van der Waals surface area (Å²) in [6, 6.07) is 13.0. The fourth-order valence-corrected chi connectivity index (χ4v) is 3.03. The first-order valence-corrected chi connectivity index (χ1v) is 8.33. The minimum atomic E-state index is -0.588. The molecule has 0 saturated carbocycles. The maximum atomic E-state index is 12.7. The van der Waals surface area contributed by atoms with Gasteiger partial charge in [0.2, 0.25) is 11.8 Å². The Kier molecular flexibility index (Phi) is 4.86. The van der Waals surface area contributed by atoms with Crippen LogP contribution in [0.4, 0.5) is 11.4 Å². The second-order valence-corrected chi connectivity index (χ2v) is 6.36. The average Bonchev–Trinajstić information content (AvgIpc) is 2.97. The molecule has 5 nitrogen and oxygen atoms in total. The number of rotatable bonds is 4. The van der Waals surface area contributed by atoms with E-state index >= 15 is 0 Å². The molecule has 25 heavy (non-hydrogen) atoms. The number of anilines is 2. The van der Waals surface area contributed by atoms with Gasteiger partial charge >= 0.3 is 0 Å². The van der Waals surface area contributed by atoms with Crippen LogP contribution in [0.15, 0.2) is 48.5 Å². The molecule has 1 unspecified atom stereocenters. The van der Waals surface area contributed by atoms with E-state index < -0.39 is 6.04 Å². The fourth-order valence-electron chi connectivity index (χ4n) is 2.90. The van der Waals surface area contributed by atoms with Crippen molar-refractivity contribution in [2.45, 2.75) is 25.8 Å². The number of carbonyl (C=O) groups is 3. The van der Waals surface area contributed by atoms with Crippen LogP contribution in [0, 0.1) is 0 Å². The Hall–Kier alpha value is -2.66. The van der Waals surface area contributed by atoms with E-state index in [1.165, 1.54) is 11.8 Å². The zero-order valence-corrected chi connectivity index (χ0v) is 14.4. The van der Waals surface area contributed by atoms with Gasteiger partial charge in [-0.2, -0.15) is 0 Å². The summed E-state index contributed by atoms with van der Waals surface area (Å²) in [7, 11) is 0. The Bertz CT molecular complexity index is 833. The topological polar surface area (TPSA) is 66.5 Å². The van der Waals surface area contributed by atoms with Crippen molar-refractivity contribution < 1.29 is 14.4 Å². The fraction of sp³-hybridized carbons (Fsp3) is 0.211. The van der Waals surface area contributed by atoms with E-state index in [0.717, 1.165) is 0 Å². The van der Waals surface area contributed by atoms with Crippen LogP contribution in [0.2, 0.25) is 5.02 Å². The van der Waals surface area contributed by atoms with Gasteiger partial charge in [0.25, 0.3) is 0 Å². The molecule has 2 aromatic carbocycles. The molecule has 1 aliphatic heterocycles. The van der Waals surface area contributed by atoms with Gasteiger partial charge in [-0.15, -0.1) is 0 Å². The second-order valence-electron chi connectivity index (χ2n) is 5.92. The van der Waals surface area contributed by atoms with E-state index in [9.17, 15) is 14.4 Å². The molecule has 1 N–H and O–H groups in total. The largest absolute Gasteiger partial charge is 0.324 e. The predicted octanol–water partition coefficient (Wildman–Crippen LogP) is 3.68. The number of Topliss-reactive ketones (excluding diaryl/α,β-unsaturated/α-hetero) is 1. The van der Waals surface area contributed by atoms with Crippen LogP contribution < -0.4 is 10.2 Å². The summed E-state index contributed by atoms with van der Waals surface area (Å²) >= 11 is 5.89. The molecule has 3 rings (SSSR count). The van der Waals surface area contributed by atoms with Gasteiger partial charge in [0.15, 0.2) is 5.78 Å². The van der Waals surface area contributed by atoms with E-state index in [1.54, 1.807) is 48.5 Å². The number of halogens is 1. The summed E-state index contributed by atoms with van der Waals surface area (Å²) in [6.45, 7) is 1.47. The number of nitrogens with zero attached hydrogens (tertiary/aromatic N) is 1. The van der Waals surface area contributed by atoms with Crippen LogP contribution in [0.25, 0.3) is 0 Å². The molecule has 1 heterocycles.